The fourth-order valence-electron chi connectivity index (χ4n) is 7.76. The molecule has 9 unspecified atom stereocenters. The van der Waals surface area contributed by atoms with Crippen LogP contribution in [0, 0.1) is 41.4 Å². The van der Waals surface area contributed by atoms with E-state index in [-0.39, 0.29) is 12.3 Å². The van der Waals surface area contributed by atoms with Crippen molar-refractivity contribution < 1.29 is 22.6 Å². The van der Waals surface area contributed by atoms with Crippen molar-refractivity contribution in [3.8, 4) is 0 Å². The van der Waals surface area contributed by atoms with E-state index in [4.69, 9.17) is 9.47 Å². The van der Waals surface area contributed by atoms with E-state index in [0.29, 0.717) is 24.9 Å². The van der Waals surface area contributed by atoms with E-state index in [0.717, 1.165) is 42.9 Å². The summed E-state index contributed by atoms with van der Waals surface area (Å²) in [5, 5.41) is 0. The van der Waals surface area contributed by atoms with Gasteiger partial charge >= 0.3 is 6.18 Å². The van der Waals surface area contributed by atoms with E-state index in [9.17, 15) is 13.2 Å². The average molecular weight is 372 g/mol. The first kappa shape index (κ1) is 17.8. The minimum absolute atomic E-state index is 0.123. The van der Waals surface area contributed by atoms with Crippen molar-refractivity contribution in [2.75, 3.05) is 6.61 Å². The molecule has 1 heterocycles. The molecule has 5 fully saturated rings. The normalized spacial score (nSPS) is 49.4. The van der Waals surface area contributed by atoms with Crippen LogP contribution in [0.4, 0.5) is 13.2 Å². The summed E-state index contributed by atoms with van der Waals surface area (Å²) in [6.45, 7) is 1.79. The third-order valence-corrected chi connectivity index (χ3v) is 8.65. The van der Waals surface area contributed by atoms with Crippen LogP contribution in [0.5, 0.6) is 0 Å². The Bertz CT molecular complexity index is 544. The van der Waals surface area contributed by atoms with Gasteiger partial charge in [0.15, 0.2) is 11.9 Å². The van der Waals surface area contributed by atoms with Gasteiger partial charge in [0.05, 0.1) is 0 Å². The first-order chi connectivity index (χ1) is 12.4. The number of fused-ring (bicyclic) bond motifs is 9. The highest BCUT2D eigenvalue weighted by Gasteiger charge is 2.64. The minimum atomic E-state index is -4.34. The fraction of sp³-hybridized carbons (Fsp3) is 1.00. The molecular formula is C21H31F3O2. The number of hydrogen-bond donors (Lipinski definition) is 0. The van der Waals surface area contributed by atoms with Crippen molar-refractivity contribution >= 4 is 0 Å². The van der Waals surface area contributed by atoms with Gasteiger partial charge in [0, 0.05) is 6.61 Å². The van der Waals surface area contributed by atoms with Crippen LogP contribution in [-0.4, -0.2) is 24.7 Å². The smallest absolute Gasteiger partial charge is 0.353 e. The summed E-state index contributed by atoms with van der Waals surface area (Å²) in [5.74, 6) is 4.64. The Morgan fingerprint density at radius 1 is 0.923 bits per heavy atom. The summed E-state index contributed by atoms with van der Waals surface area (Å²) in [6.07, 6.45) is 3.71. The average Bonchev–Trinajstić information content (AvgIpc) is 3.34. The molecule has 26 heavy (non-hydrogen) atoms. The predicted octanol–water partition coefficient (Wildman–Crippen LogP) is 5.56. The molecular weight excluding hydrogens is 341 g/mol. The molecule has 148 valence electrons. The van der Waals surface area contributed by atoms with E-state index in [1.54, 1.807) is 0 Å². The largest absolute Gasteiger partial charge is 0.417 e. The lowest BCUT2D eigenvalue weighted by atomic mass is 9.65. The van der Waals surface area contributed by atoms with Gasteiger partial charge in [-0.1, -0.05) is 0 Å². The molecule has 4 bridgehead atoms. The molecule has 5 heteroatoms. The maximum atomic E-state index is 14.0. The highest BCUT2D eigenvalue weighted by atomic mass is 19.4. The van der Waals surface area contributed by atoms with Crippen LogP contribution in [-0.2, 0) is 9.47 Å². The standard InChI is InChI=1S/C21H31F3O2/c1-20(21(22,23)24,26-17-4-2-3-7-25-17)11-15-9-14-10-16(15)19-13-6-5-12(8-13)18(14)19/h12-19H,2-11H2,1H3. The summed E-state index contributed by atoms with van der Waals surface area (Å²) in [6, 6.07) is 0. The molecule has 0 aromatic heterocycles. The highest BCUT2D eigenvalue weighted by Crippen LogP contribution is 2.69. The van der Waals surface area contributed by atoms with E-state index in [1.165, 1.54) is 32.6 Å². The van der Waals surface area contributed by atoms with Gasteiger partial charge in [0.1, 0.15) is 0 Å². The van der Waals surface area contributed by atoms with Crippen LogP contribution < -0.4 is 0 Å². The zero-order valence-electron chi connectivity index (χ0n) is 15.6. The second-order valence-electron chi connectivity index (χ2n) is 9.99. The Balaban J connectivity index is 1.31. The minimum Gasteiger partial charge on any atom is -0.353 e. The summed E-state index contributed by atoms with van der Waals surface area (Å²) in [7, 11) is 0. The molecule has 1 aliphatic heterocycles. The fourth-order valence-corrected chi connectivity index (χ4v) is 7.76. The van der Waals surface area contributed by atoms with Crippen LogP contribution in [0.15, 0.2) is 0 Å². The lowest BCUT2D eigenvalue weighted by Crippen LogP contribution is -2.50. The lowest BCUT2D eigenvalue weighted by Gasteiger charge is -2.43. The molecule has 4 saturated carbocycles. The maximum absolute atomic E-state index is 14.0. The molecule has 0 aromatic carbocycles. The van der Waals surface area contributed by atoms with Gasteiger partial charge in [0.2, 0.25) is 0 Å². The lowest BCUT2D eigenvalue weighted by molar-refractivity contribution is -0.328. The number of ether oxygens (including phenoxy) is 2. The molecule has 0 radical (unpaired) electrons. The Hall–Kier alpha value is -0.290. The molecule has 0 amide bonds. The number of alkyl halides is 3. The molecule has 0 aromatic rings. The molecule has 5 rings (SSSR count). The maximum Gasteiger partial charge on any atom is 0.417 e. The molecule has 0 N–H and O–H groups in total. The van der Waals surface area contributed by atoms with Crippen molar-refractivity contribution in [1.82, 2.24) is 0 Å². The second kappa shape index (κ2) is 6.10. The van der Waals surface area contributed by atoms with Crippen LogP contribution in [0.25, 0.3) is 0 Å². The van der Waals surface area contributed by atoms with E-state index < -0.39 is 18.1 Å². The molecule has 0 spiro atoms. The van der Waals surface area contributed by atoms with Crippen molar-refractivity contribution in [3.05, 3.63) is 0 Å². The van der Waals surface area contributed by atoms with Crippen molar-refractivity contribution in [2.24, 2.45) is 41.4 Å². The Morgan fingerprint density at radius 3 is 2.38 bits per heavy atom. The van der Waals surface area contributed by atoms with Gasteiger partial charge in [-0.05, 0) is 106 Å². The molecule has 5 aliphatic rings. The first-order valence-electron chi connectivity index (χ1n) is 10.7. The summed E-state index contributed by atoms with van der Waals surface area (Å²) in [4.78, 5) is 0. The molecule has 4 aliphatic carbocycles. The van der Waals surface area contributed by atoms with Crippen LogP contribution in [0.2, 0.25) is 0 Å². The van der Waals surface area contributed by atoms with Crippen molar-refractivity contribution in [1.29, 1.82) is 0 Å². The number of hydrogen-bond acceptors (Lipinski definition) is 2. The van der Waals surface area contributed by atoms with Gasteiger partial charge in [-0.15, -0.1) is 0 Å². The second-order valence-corrected chi connectivity index (χ2v) is 9.99. The van der Waals surface area contributed by atoms with Crippen molar-refractivity contribution in [3.63, 3.8) is 0 Å². The SMILES string of the molecule is CC(CC1CC2CC1C1C3CCC(C3)C21)(OC1CCCCO1)C(F)(F)F. The Morgan fingerprint density at radius 2 is 1.69 bits per heavy atom. The summed E-state index contributed by atoms with van der Waals surface area (Å²) < 4.78 is 53.1. The van der Waals surface area contributed by atoms with Crippen LogP contribution in [0.1, 0.15) is 64.7 Å². The van der Waals surface area contributed by atoms with Gasteiger partial charge in [-0.25, -0.2) is 0 Å². The van der Waals surface area contributed by atoms with Crippen LogP contribution in [0.3, 0.4) is 0 Å². The topological polar surface area (TPSA) is 18.5 Å². The highest BCUT2D eigenvalue weighted by molar-refractivity contribution is 5.11. The Kier molecular flexibility index (Phi) is 4.17. The van der Waals surface area contributed by atoms with Gasteiger partial charge in [-0.3, -0.25) is 0 Å². The van der Waals surface area contributed by atoms with E-state index >= 15 is 0 Å². The zero-order chi connectivity index (χ0) is 18.1. The zero-order valence-corrected chi connectivity index (χ0v) is 15.6. The molecule has 1 saturated heterocycles. The summed E-state index contributed by atoms with van der Waals surface area (Å²) >= 11 is 0. The summed E-state index contributed by atoms with van der Waals surface area (Å²) in [5.41, 5.74) is -2.07. The van der Waals surface area contributed by atoms with E-state index in [1.807, 2.05) is 0 Å². The molecule has 2 nitrogen and oxygen atoms in total. The van der Waals surface area contributed by atoms with Crippen LogP contribution >= 0.6 is 0 Å². The third-order valence-electron chi connectivity index (χ3n) is 8.65. The number of halogens is 3. The number of rotatable bonds is 4. The first-order valence-corrected chi connectivity index (χ1v) is 10.7. The third kappa shape index (κ3) is 2.67. The van der Waals surface area contributed by atoms with Gasteiger partial charge in [0.25, 0.3) is 0 Å². The Labute approximate surface area is 154 Å². The molecule has 9 atom stereocenters. The van der Waals surface area contributed by atoms with Crippen molar-refractivity contribution in [2.45, 2.75) is 82.8 Å². The predicted molar refractivity (Wildman–Crippen MR) is 91.3 cm³/mol. The van der Waals surface area contributed by atoms with Gasteiger partial charge < -0.3 is 9.47 Å². The van der Waals surface area contributed by atoms with E-state index in [2.05, 4.69) is 0 Å². The monoisotopic (exact) mass is 372 g/mol. The van der Waals surface area contributed by atoms with Gasteiger partial charge in [-0.2, -0.15) is 13.2 Å². The quantitative estimate of drug-likeness (QED) is 0.602.